The van der Waals surface area contributed by atoms with E-state index in [4.69, 9.17) is 4.74 Å². The molecular weight excluding hydrogens is 312 g/mol. The maximum absolute atomic E-state index is 12.4. The molecular formula is C16H16N4O4. The van der Waals surface area contributed by atoms with Crippen molar-refractivity contribution < 1.29 is 19.4 Å². The molecule has 0 bridgehead atoms. The Balaban J connectivity index is 2.16. The van der Waals surface area contributed by atoms with Gasteiger partial charge in [-0.2, -0.15) is 10.1 Å². The second kappa shape index (κ2) is 6.15. The van der Waals surface area contributed by atoms with Crippen molar-refractivity contribution in [2.45, 2.75) is 19.9 Å². The van der Waals surface area contributed by atoms with Crippen molar-refractivity contribution >= 4 is 17.9 Å². The summed E-state index contributed by atoms with van der Waals surface area (Å²) in [7, 11) is 0. The first kappa shape index (κ1) is 15.7. The monoisotopic (exact) mass is 328 g/mol. The lowest BCUT2D eigenvalue weighted by Gasteiger charge is -2.28. The molecule has 24 heavy (non-hydrogen) atoms. The smallest absolute Gasteiger partial charge is 0.338 e. The highest BCUT2D eigenvalue weighted by molar-refractivity contribution is 5.93. The summed E-state index contributed by atoms with van der Waals surface area (Å²) in [5.74, 6) is -1.04. The van der Waals surface area contributed by atoms with E-state index in [1.165, 1.54) is 18.5 Å². The van der Waals surface area contributed by atoms with Gasteiger partial charge in [0.2, 0.25) is 5.95 Å². The van der Waals surface area contributed by atoms with Crippen molar-refractivity contribution in [2.75, 3.05) is 11.9 Å². The Hall–Kier alpha value is -3.16. The fraction of sp³-hybridized carbons (Fsp3) is 0.250. The first-order valence-electron chi connectivity index (χ1n) is 7.40. The van der Waals surface area contributed by atoms with Gasteiger partial charge in [0.15, 0.2) is 0 Å². The number of rotatable bonds is 4. The van der Waals surface area contributed by atoms with Gasteiger partial charge in [-0.3, -0.25) is 0 Å². The summed E-state index contributed by atoms with van der Waals surface area (Å²) in [5, 5.41) is 16.4. The predicted molar refractivity (Wildman–Crippen MR) is 84.5 cm³/mol. The Bertz CT molecular complexity index is 840. The van der Waals surface area contributed by atoms with Gasteiger partial charge in [-0.05, 0) is 31.5 Å². The molecule has 1 unspecified atom stereocenters. The van der Waals surface area contributed by atoms with E-state index in [0.29, 0.717) is 22.8 Å². The van der Waals surface area contributed by atoms with E-state index < -0.39 is 18.0 Å². The van der Waals surface area contributed by atoms with Crippen LogP contribution in [0.4, 0.5) is 5.95 Å². The normalized spacial score (nSPS) is 16.3. The summed E-state index contributed by atoms with van der Waals surface area (Å²) < 4.78 is 6.70. The zero-order chi connectivity index (χ0) is 17.3. The standard InChI is InChI=1S/C16H16N4O4/c1-3-24-15(23)12-9(2)19-16-17-8-18-20(16)13(12)10-5-4-6-11(7-10)14(21)22/h4-8,13H,3H2,1-2H3,(H,21,22)(H,17,18,19). The second-order valence-corrected chi connectivity index (χ2v) is 5.25. The lowest BCUT2D eigenvalue weighted by molar-refractivity contribution is -0.139. The number of aromatic carboxylic acids is 1. The average molecular weight is 328 g/mol. The number of benzene rings is 1. The summed E-state index contributed by atoms with van der Waals surface area (Å²) in [6, 6.07) is 5.80. The number of fused-ring (bicyclic) bond motifs is 1. The minimum atomic E-state index is -1.04. The summed E-state index contributed by atoms with van der Waals surface area (Å²) >= 11 is 0. The SMILES string of the molecule is CCOC(=O)C1=C(C)Nc2ncnn2C1c1cccc(C(=O)O)c1. The average Bonchev–Trinajstić information content (AvgIpc) is 3.01. The fourth-order valence-electron chi connectivity index (χ4n) is 2.71. The highest BCUT2D eigenvalue weighted by Gasteiger charge is 2.34. The van der Waals surface area contributed by atoms with Gasteiger partial charge in [-0.25, -0.2) is 14.3 Å². The molecule has 1 aliphatic rings. The third kappa shape index (κ3) is 2.62. The molecule has 0 saturated heterocycles. The van der Waals surface area contributed by atoms with Gasteiger partial charge in [0.05, 0.1) is 17.7 Å². The fourth-order valence-corrected chi connectivity index (χ4v) is 2.71. The lowest BCUT2D eigenvalue weighted by atomic mass is 9.94. The number of allylic oxidation sites excluding steroid dienone is 1. The summed E-state index contributed by atoms with van der Waals surface area (Å²) in [6.45, 7) is 3.71. The van der Waals surface area contributed by atoms with Gasteiger partial charge >= 0.3 is 11.9 Å². The van der Waals surface area contributed by atoms with Crippen molar-refractivity contribution in [1.82, 2.24) is 14.8 Å². The van der Waals surface area contributed by atoms with Crippen molar-refractivity contribution in [1.29, 1.82) is 0 Å². The van der Waals surface area contributed by atoms with Gasteiger partial charge in [0.25, 0.3) is 0 Å². The molecule has 0 spiro atoms. The maximum Gasteiger partial charge on any atom is 0.338 e. The van der Waals surface area contributed by atoms with Crippen molar-refractivity contribution in [3.8, 4) is 0 Å². The number of carboxylic acids is 1. The lowest BCUT2D eigenvalue weighted by Crippen LogP contribution is -2.29. The first-order chi connectivity index (χ1) is 11.5. The minimum absolute atomic E-state index is 0.133. The van der Waals surface area contributed by atoms with E-state index in [1.54, 1.807) is 30.7 Å². The first-order valence-corrected chi connectivity index (χ1v) is 7.40. The highest BCUT2D eigenvalue weighted by Crippen LogP contribution is 2.35. The zero-order valence-electron chi connectivity index (χ0n) is 13.2. The molecule has 8 nitrogen and oxygen atoms in total. The van der Waals surface area contributed by atoms with Crippen LogP contribution >= 0.6 is 0 Å². The van der Waals surface area contributed by atoms with Crippen LogP contribution in [0.3, 0.4) is 0 Å². The molecule has 0 fully saturated rings. The van der Waals surface area contributed by atoms with Crippen LogP contribution < -0.4 is 5.32 Å². The molecule has 0 saturated carbocycles. The maximum atomic E-state index is 12.4. The third-order valence-corrected chi connectivity index (χ3v) is 3.74. The van der Waals surface area contributed by atoms with Gasteiger partial charge in [0, 0.05) is 5.70 Å². The molecule has 1 aliphatic heterocycles. The molecule has 8 heteroatoms. The zero-order valence-corrected chi connectivity index (χ0v) is 13.2. The number of carbonyl (C=O) groups excluding carboxylic acids is 1. The molecule has 0 aliphatic carbocycles. The van der Waals surface area contributed by atoms with Gasteiger partial charge in [0.1, 0.15) is 12.4 Å². The Morgan fingerprint density at radius 2 is 2.21 bits per heavy atom. The Kier molecular flexibility index (Phi) is 4.03. The van der Waals surface area contributed by atoms with Crippen molar-refractivity contribution in [3.63, 3.8) is 0 Å². The number of anilines is 1. The van der Waals surface area contributed by atoms with Crippen LogP contribution in [0.1, 0.15) is 35.8 Å². The van der Waals surface area contributed by atoms with Crippen LogP contribution in [0.25, 0.3) is 0 Å². The number of esters is 1. The van der Waals surface area contributed by atoms with Crippen LogP contribution in [-0.2, 0) is 9.53 Å². The van der Waals surface area contributed by atoms with E-state index in [0.717, 1.165) is 0 Å². The largest absolute Gasteiger partial charge is 0.478 e. The molecule has 1 aromatic carbocycles. The van der Waals surface area contributed by atoms with Crippen molar-refractivity contribution in [2.24, 2.45) is 0 Å². The van der Waals surface area contributed by atoms with Gasteiger partial charge in [-0.15, -0.1) is 0 Å². The minimum Gasteiger partial charge on any atom is -0.478 e. The van der Waals surface area contributed by atoms with E-state index in [2.05, 4.69) is 15.4 Å². The Morgan fingerprint density at radius 1 is 1.42 bits per heavy atom. The molecule has 2 N–H and O–H groups in total. The summed E-state index contributed by atoms with van der Waals surface area (Å²) in [4.78, 5) is 27.8. The molecule has 0 amide bonds. The number of carboxylic acid groups (broad SMARTS) is 1. The molecule has 1 aromatic heterocycles. The van der Waals surface area contributed by atoms with Crippen molar-refractivity contribution in [3.05, 3.63) is 53.0 Å². The summed E-state index contributed by atoms with van der Waals surface area (Å²) in [6.07, 6.45) is 1.37. The van der Waals surface area contributed by atoms with Gasteiger partial charge in [-0.1, -0.05) is 12.1 Å². The van der Waals surface area contributed by atoms with E-state index in [9.17, 15) is 14.7 Å². The van der Waals surface area contributed by atoms with Crippen LogP contribution in [0, 0.1) is 0 Å². The molecule has 1 atom stereocenters. The molecule has 3 rings (SSSR count). The topological polar surface area (TPSA) is 106 Å². The second-order valence-electron chi connectivity index (χ2n) is 5.25. The highest BCUT2D eigenvalue weighted by atomic mass is 16.5. The van der Waals surface area contributed by atoms with E-state index >= 15 is 0 Å². The summed E-state index contributed by atoms with van der Waals surface area (Å²) in [5.41, 5.74) is 1.72. The van der Waals surface area contributed by atoms with Crippen LogP contribution in [0.5, 0.6) is 0 Å². The number of nitrogens with zero attached hydrogens (tertiary/aromatic N) is 3. The number of hydrogen-bond donors (Lipinski definition) is 2. The Labute approximate surface area is 137 Å². The van der Waals surface area contributed by atoms with E-state index in [1.807, 2.05) is 0 Å². The molecule has 2 aromatic rings. The number of hydrogen-bond acceptors (Lipinski definition) is 6. The van der Waals surface area contributed by atoms with Crippen LogP contribution in [0.15, 0.2) is 41.9 Å². The molecule has 124 valence electrons. The number of nitrogens with one attached hydrogen (secondary N) is 1. The molecule has 2 heterocycles. The van der Waals surface area contributed by atoms with E-state index in [-0.39, 0.29) is 12.2 Å². The quantitative estimate of drug-likeness (QED) is 0.825. The number of carbonyl (C=O) groups is 2. The third-order valence-electron chi connectivity index (χ3n) is 3.74. The van der Waals surface area contributed by atoms with Crippen LogP contribution in [-0.4, -0.2) is 38.4 Å². The van der Waals surface area contributed by atoms with Gasteiger partial charge < -0.3 is 15.2 Å². The predicted octanol–water partition coefficient (Wildman–Crippen LogP) is 1.83. The van der Waals surface area contributed by atoms with Crippen LogP contribution in [0.2, 0.25) is 0 Å². The number of ether oxygens (including phenoxy) is 1. The molecule has 0 radical (unpaired) electrons. The number of aromatic nitrogens is 3. The Morgan fingerprint density at radius 3 is 2.92 bits per heavy atom.